The summed E-state index contributed by atoms with van der Waals surface area (Å²) in [6, 6.07) is 0.335. The Labute approximate surface area is 88.6 Å². The second-order valence-electron chi connectivity index (χ2n) is 3.94. The van der Waals surface area contributed by atoms with Crippen LogP contribution in [0.3, 0.4) is 0 Å². The van der Waals surface area contributed by atoms with Crippen LogP contribution in [0.15, 0.2) is 0 Å². The van der Waals surface area contributed by atoms with E-state index in [1.807, 2.05) is 11.8 Å². The number of rotatable bonds is 3. The van der Waals surface area contributed by atoms with Crippen molar-refractivity contribution in [1.82, 2.24) is 16.0 Å². The molecule has 0 saturated carbocycles. The van der Waals surface area contributed by atoms with Crippen LogP contribution in [0.2, 0.25) is 0 Å². The first-order valence-electron chi connectivity index (χ1n) is 5.17. The van der Waals surface area contributed by atoms with Crippen LogP contribution in [-0.4, -0.2) is 43.2 Å². The lowest BCUT2D eigenvalue weighted by molar-refractivity contribution is 0.230. The first kappa shape index (κ1) is 10.1. The molecule has 2 saturated heterocycles. The minimum absolute atomic E-state index is 0.00611. The number of amides is 2. The Morgan fingerprint density at radius 3 is 2.93 bits per heavy atom. The Bertz CT molecular complexity index is 202. The van der Waals surface area contributed by atoms with Crippen LogP contribution in [0.5, 0.6) is 0 Å². The quantitative estimate of drug-likeness (QED) is 0.621. The molecule has 4 nitrogen and oxygen atoms in total. The first-order chi connectivity index (χ1) is 6.84. The van der Waals surface area contributed by atoms with E-state index in [0.29, 0.717) is 12.0 Å². The molecule has 0 aromatic rings. The van der Waals surface area contributed by atoms with E-state index in [1.165, 1.54) is 17.9 Å². The molecule has 0 spiro atoms. The van der Waals surface area contributed by atoms with E-state index in [2.05, 4.69) is 16.0 Å². The predicted octanol–water partition coefficient (Wildman–Crippen LogP) is 0.0105. The van der Waals surface area contributed by atoms with Crippen LogP contribution in [0.25, 0.3) is 0 Å². The van der Waals surface area contributed by atoms with Gasteiger partial charge in [-0.05, 0) is 23.8 Å². The van der Waals surface area contributed by atoms with Crippen molar-refractivity contribution in [2.45, 2.75) is 12.5 Å². The van der Waals surface area contributed by atoms with Crippen molar-refractivity contribution in [2.24, 2.45) is 5.92 Å². The molecule has 2 aliphatic heterocycles. The molecular formula is C9H17N3OS. The van der Waals surface area contributed by atoms with Crippen LogP contribution in [0.4, 0.5) is 4.79 Å². The summed E-state index contributed by atoms with van der Waals surface area (Å²) < 4.78 is 0. The van der Waals surface area contributed by atoms with E-state index >= 15 is 0 Å². The first-order valence-corrected chi connectivity index (χ1v) is 6.33. The zero-order chi connectivity index (χ0) is 9.80. The normalized spacial score (nSPS) is 27.0. The summed E-state index contributed by atoms with van der Waals surface area (Å²) in [6.07, 6.45) is 1.25. The van der Waals surface area contributed by atoms with Crippen LogP contribution >= 0.6 is 11.8 Å². The van der Waals surface area contributed by atoms with Gasteiger partial charge in [0.2, 0.25) is 0 Å². The van der Waals surface area contributed by atoms with Crippen LogP contribution in [-0.2, 0) is 0 Å². The summed E-state index contributed by atoms with van der Waals surface area (Å²) in [4.78, 5) is 11.3. The molecule has 0 aliphatic carbocycles. The molecule has 3 N–H and O–H groups in total. The molecule has 14 heavy (non-hydrogen) atoms. The highest BCUT2D eigenvalue weighted by atomic mass is 32.2. The van der Waals surface area contributed by atoms with Gasteiger partial charge in [-0.2, -0.15) is 11.8 Å². The smallest absolute Gasteiger partial charge is 0.315 e. The van der Waals surface area contributed by atoms with Gasteiger partial charge in [0.1, 0.15) is 0 Å². The summed E-state index contributed by atoms with van der Waals surface area (Å²) in [5.41, 5.74) is 0. The number of carbonyl (C=O) groups is 1. The van der Waals surface area contributed by atoms with Crippen LogP contribution < -0.4 is 16.0 Å². The lowest BCUT2D eigenvalue weighted by Gasteiger charge is -2.28. The molecule has 0 aromatic carbocycles. The summed E-state index contributed by atoms with van der Waals surface area (Å²) in [6.45, 7) is 2.65. The molecule has 0 bridgehead atoms. The fourth-order valence-electron chi connectivity index (χ4n) is 1.61. The minimum Gasteiger partial charge on any atom is -0.338 e. The van der Waals surface area contributed by atoms with Crippen molar-refractivity contribution < 1.29 is 4.79 Å². The fraction of sp³-hybridized carbons (Fsp3) is 0.889. The average Bonchev–Trinajstić information content (AvgIpc) is 2.60. The van der Waals surface area contributed by atoms with Crippen molar-refractivity contribution in [3.63, 3.8) is 0 Å². The van der Waals surface area contributed by atoms with E-state index in [1.54, 1.807) is 0 Å². The van der Waals surface area contributed by atoms with Gasteiger partial charge in [0, 0.05) is 19.6 Å². The zero-order valence-corrected chi connectivity index (χ0v) is 9.03. The number of carbonyl (C=O) groups excluding carboxylic acids is 1. The Balaban J connectivity index is 1.57. The van der Waals surface area contributed by atoms with Crippen molar-refractivity contribution in [2.75, 3.05) is 31.1 Å². The highest BCUT2D eigenvalue weighted by molar-refractivity contribution is 7.99. The monoisotopic (exact) mass is 215 g/mol. The molecule has 2 amide bonds. The van der Waals surface area contributed by atoms with Crippen molar-refractivity contribution in [3.05, 3.63) is 0 Å². The maximum absolute atomic E-state index is 11.3. The van der Waals surface area contributed by atoms with Gasteiger partial charge in [0.25, 0.3) is 0 Å². The minimum atomic E-state index is -0.00611. The van der Waals surface area contributed by atoms with Gasteiger partial charge >= 0.3 is 6.03 Å². The van der Waals surface area contributed by atoms with Gasteiger partial charge < -0.3 is 16.0 Å². The van der Waals surface area contributed by atoms with Crippen molar-refractivity contribution in [1.29, 1.82) is 0 Å². The molecule has 1 atom stereocenters. The number of hydrogen-bond acceptors (Lipinski definition) is 3. The summed E-state index contributed by atoms with van der Waals surface area (Å²) in [7, 11) is 0. The van der Waals surface area contributed by atoms with E-state index in [4.69, 9.17) is 0 Å². The van der Waals surface area contributed by atoms with E-state index in [9.17, 15) is 4.79 Å². The van der Waals surface area contributed by atoms with Crippen LogP contribution in [0.1, 0.15) is 6.42 Å². The molecule has 1 unspecified atom stereocenters. The molecule has 0 aromatic heterocycles. The Morgan fingerprint density at radius 1 is 1.50 bits per heavy atom. The van der Waals surface area contributed by atoms with E-state index in [-0.39, 0.29) is 6.03 Å². The number of thioether (sulfide) groups is 1. The Kier molecular flexibility index (Phi) is 3.53. The molecule has 0 radical (unpaired) electrons. The second kappa shape index (κ2) is 4.89. The number of urea groups is 1. The van der Waals surface area contributed by atoms with Gasteiger partial charge in [-0.3, -0.25) is 0 Å². The summed E-state index contributed by atoms with van der Waals surface area (Å²) >= 11 is 1.98. The highest BCUT2D eigenvalue weighted by Gasteiger charge is 2.20. The van der Waals surface area contributed by atoms with Gasteiger partial charge in [0.15, 0.2) is 0 Å². The molecule has 80 valence electrons. The third-order valence-corrected chi connectivity index (χ3v) is 3.92. The lowest BCUT2D eigenvalue weighted by atomic mass is 10.1. The molecule has 2 heterocycles. The molecule has 2 aliphatic rings. The van der Waals surface area contributed by atoms with Crippen molar-refractivity contribution >= 4 is 17.8 Å². The topological polar surface area (TPSA) is 53.2 Å². The summed E-state index contributed by atoms with van der Waals surface area (Å²) in [5, 5.41) is 8.97. The van der Waals surface area contributed by atoms with E-state index in [0.717, 1.165) is 19.6 Å². The maximum Gasteiger partial charge on any atom is 0.315 e. The van der Waals surface area contributed by atoms with Crippen LogP contribution in [0, 0.1) is 5.92 Å². The van der Waals surface area contributed by atoms with E-state index < -0.39 is 0 Å². The zero-order valence-electron chi connectivity index (χ0n) is 8.21. The molecule has 2 rings (SSSR count). The predicted molar refractivity (Wildman–Crippen MR) is 58.6 cm³/mol. The van der Waals surface area contributed by atoms with Gasteiger partial charge in [0.05, 0.1) is 6.04 Å². The number of nitrogens with one attached hydrogen (secondary N) is 3. The van der Waals surface area contributed by atoms with Crippen molar-refractivity contribution in [3.8, 4) is 0 Å². The Hall–Kier alpha value is -0.420. The molecular weight excluding hydrogens is 198 g/mol. The number of hydrogen-bond donors (Lipinski definition) is 3. The highest BCUT2D eigenvalue weighted by Crippen LogP contribution is 2.22. The average molecular weight is 215 g/mol. The fourth-order valence-corrected chi connectivity index (χ4v) is 2.89. The van der Waals surface area contributed by atoms with Gasteiger partial charge in [-0.25, -0.2) is 4.79 Å². The SMILES string of the molecule is O=C(NCC1CCSC1)NC1CNC1. The Morgan fingerprint density at radius 2 is 2.36 bits per heavy atom. The maximum atomic E-state index is 11.3. The third kappa shape index (κ3) is 2.78. The van der Waals surface area contributed by atoms with Gasteiger partial charge in [-0.1, -0.05) is 0 Å². The van der Waals surface area contributed by atoms with Gasteiger partial charge in [-0.15, -0.1) is 0 Å². The standard InChI is InChI=1S/C9H17N3OS/c13-9(12-8-4-10-5-8)11-3-7-1-2-14-6-7/h7-8,10H,1-6H2,(H2,11,12,13). The molecule has 5 heteroatoms. The third-order valence-electron chi connectivity index (χ3n) is 2.69. The largest absolute Gasteiger partial charge is 0.338 e. The lowest BCUT2D eigenvalue weighted by Crippen LogP contribution is -2.59. The second-order valence-corrected chi connectivity index (χ2v) is 5.09. The molecule has 2 fully saturated rings. The summed E-state index contributed by atoms with van der Waals surface area (Å²) in [5.74, 6) is 3.14.